The van der Waals surface area contributed by atoms with Gasteiger partial charge in [-0.15, -0.1) is 0 Å². The Kier molecular flexibility index (Phi) is 9.96. The Morgan fingerprint density at radius 2 is 1.78 bits per heavy atom. The molecule has 32 heavy (non-hydrogen) atoms. The predicted molar refractivity (Wildman–Crippen MR) is 116 cm³/mol. The highest BCUT2D eigenvalue weighted by molar-refractivity contribution is 5.98. The molecule has 6 nitrogen and oxygen atoms in total. The summed E-state index contributed by atoms with van der Waals surface area (Å²) in [6, 6.07) is 6.68. The molecule has 1 atom stereocenters. The van der Waals surface area contributed by atoms with Gasteiger partial charge in [0.2, 0.25) is 5.91 Å². The van der Waals surface area contributed by atoms with Crippen molar-refractivity contribution in [3.63, 3.8) is 0 Å². The monoisotopic (exact) mass is 457 g/mol. The number of nitrogens with zero attached hydrogens (tertiary/aromatic N) is 2. The fraction of sp³-hybridized carbons (Fsp3) is 0.652. The first kappa shape index (κ1) is 26.1. The second-order valence-electron chi connectivity index (χ2n) is 8.66. The van der Waals surface area contributed by atoms with Gasteiger partial charge in [0.1, 0.15) is 12.6 Å². The van der Waals surface area contributed by atoms with E-state index in [1.807, 2.05) is 32.9 Å². The van der Waals surface area contributed by atoms with Crippen LogP contribution in [-0.2, 0) is 9.53 Å². The second-order valence-corrected chi connectivity index (χ2v) is 8.66. The number of nitrogens with one attached hydrogen (secondary N) is 1. The number of halogens is 3. The summed E-state index contributed by atoms with van der Waals surface area (Å²) in [7, 11) is 0. The minimum atomic E-state index is -4.30. The molecule has 0 spiro atoms. The highest BCUT2D eigenvalue weighted by Crippen LogP contribution is 2.15. The van der Waals surface area contributed by atoms with E-state index in [1.54, 1.807) is 17.0 Å². The first-order chi connectivity index (χ1) is 15.1. The summed E-state index contributed by atoms with van der Waals surface area (Å²) in [5.41, 5.74) is 1.42. The van der Waals surface area contributed by atoms with Crippen LogP contribution in [0.1, 0.15) is 42.6 Å². The molecule has 0 bridgehead atoms. The minimum Gasteiger partial charge on any atom is -0.372 e. The van der Waals surface area contributed by atoms with Gasteiger partial charge in [-0.3, -0.25) is 14.5 Å². The number of amides is 2. The standard InChI is InChI=1S/C23H34F3N3O3/c1-17(2)15-20(27-21(30)19-8-5-4-7-18(19)3)22(31)29-12-10-28(11-13-29)9-6-14-32-16-23(24,25)26/h4-5,7-8,17,20H,6,9-16H2,1-3H3,(H,27,30). The maximum Gasteiger partial charge on any atom is 0.411 e. The van der Waals surface area contributed by atoms with Crippen LogP contribution in [0.5, 0.6) is 0 Å². The van der Waals surface area contributed by atoms with Crippen molar-refractivity contribution in [3.8, 4) is 0 Å². The lowest BCUT2D eigenvalue weighted by atomic mass is 10.0. The van der Waals surface area contributed by atoms with Gasteiger partial charge in [0.25, 0.3) is 5.91 Å². The third kappa shape index (κ3) is 8.78. The van der Waals surface area contributed by atoms with Gasteiger partial charge in [-0.05, 0) is 37.3 Å². The quantitative estimate of drug-likeness (QED) is 0.548. The molecule has 0 aliphatic carbocycles. The third-order valence-electron chi connectivity index (χ3n) is 5.41. The van der Waals surface area contributed by atoms with E-state index in [1.165, 1.54) is 0 Å². The number of carbonyl (C=O) groups is 2. The maximum atomic E-state index is 13.2. The average molecular weight is 458 g/mol. The van der Waals surface area contributed by atoms with Crippen LogP contribution in [0.25, 0.3) is 0 Å². The molecule has 0 saturated carbocycles. The van der Waals surface area contributed by atoms with Crippen molar-refractivity contribution in [2.24, 2.45) is 5.92 Å². The molecule has 1 saturated heterocycles. The number of piperazine rings is 1. The summed E-state index contributed by atoms with van der Waals surface area (Å²) >= 11 is 0. The average Bonchev–Trinajstić information content (AvgIpc) is 2.72. The summed E-state index contributed by atoms with van der Waals surface area (Å²) in [6.07, 6.45) is -3.24. The zero-order chi connectivity index (χ0) is 23.7. The number of hydrogen-bond acceptors (Lipinski definition) is 4. The Morgan fingerprint density at radius 3 is 2.38 bits per heavy atom. The molecule has 0 radical (unpaired) electrons. The van der Waals surface area contributed by atoms with E-state index >= 15 is 0 Å². The fourth-order valence-electron chi connectivity index (χ4n) is 3.75. The van der Waals surface area contributed by atoms with E-state index in [9.17, 15) is 22.8 Å². The summed E-state index contributed by atoms with van der Waals surface area (Å²) in [6.45, 7) is 7.68. The molecule has 1 N–H and O–H groups in total. The molecule has 1 aromatic carbocycles. The molecular weight excluding hydrogens is 423 g/mol. The summed E-state index contributed by atoms with van der Waals surface area (Å²) in [5, 5.41) is 2.92. The number of hydrogen-bond donors (Lipinski definition) is 1. The van der Waals surface area contributed by atoms with Crippen molar-refractivity contribution in [1.29, 1.82) is 0 Å². The number of benzene rings is 1. The zero-order valence-corrected chi connectivity index (χ0v) is 19.1. The number of aryl methyl sites for hydroxylation is 1. The number of carbonyl (C=O) groups excluding carboxylic acids is 2. The van der Waals surface area contributed by atoms with Gasteiger partial charge >= 0.3 is 6.18 Å². The summed E-state index contributed by atoms with van der Waals surface area (Å²) in [4.78, 5) is 29.8. The van der Waals surface area contributed by atoms with E-state index in [0.717, 1.165) is 5.56 Å². The minimum absolute atomic E-state index is 0.0556. The molecule has 1 aliphatic rings. The molecular formula is C23H34F3N3O3. The van der Waals surface area contributed by atoms with Crippen LogP contribution >= 0.6 is 0 Å². The lowest BCUT2D eigenvalue weighted by Gasteiger charge is -2.37. The Labute approximate surface area is 188 Å². The van der Waals surface area contributed by atoms with Crippen molar-refractivity contribution in [3.05, 3.63) is 35.4 Å². The van der Waals surface area contributed by atoms with E-state index in [2.05, 4.69) is 15.0 Å². The molecule has 2 rings (SSSR count). The predicted octanol–water partition coefficient (Wildman–Crippen LogP) is 3.25. The van der Waals surface area contributed by atoms with E-state index < -0.39 is 18.8 Å². The van der Waals surface area contributed by atoms with Crippen LogP contribution in [0, 0.1) is 12.8 Å². The maximum absolute atomic E-state index is 13.2. The zero-order valence-electron chi connectivity index (χ0n) is 19.1. The summed E-state index contributed by atoms with van der Waals surface area (Å²) < 4.78 is 40.9. The van der Waals surface area contributed by atoms with Gasteiger partial charge in [0.05, 0.1) is 0 Å². The Bertz CT molecular complexity index is 747. The lowest BCUT2D eigenvalue weighted by molar-refractivity contribution is -0.174. The lowest BCUT2D eigenvalue weighted by Crippen LogP contribution is -2.55. The van der Waals surface area contributed by atoms with Crippen molar-refractivity contribution in [1.82, 2.24) is 15.1 Å². The van der Waals surface area contributed by atoms with Gasteiger partial charge in [-0.2, -0.15) is 13.2 Å². The van der Waals surface area contributed by atoms with Gasteiger partial charge < -0.3 is 15.0 Å². The molecule has 1 fully saturated rings. The molecule has 0 aromatic heterocycles. The van der Waals surface area contributed by atoms with Crippen LogP contribution in [0.4, 0.5) is 13.2 Å². The normalized spacial score (nSPS) is 16.3. The topological polar surface area (TPSA) is 61.9 Å². The third-order valence-corrected chi connectivity index (χ3v) is 5.41. The van der Waals surface area contributed by atoms with Crippen LogP contribution in [0.3, 0.4) is 0 Å². The molecule has 1 aliphatic heterocycles. The van der Waals surface area contributed by atoms with Crippen molar-refractivity contribution in [2.75, 3.05) is 45.9 Å². The highest BCUT2D eigenvalue weighted by atomic mass is 19.4. The van der Waals surface area contributed by atoms with Crippen molar-refractivity contribution >= 4 is 11.8 Å². The molecule has 180 valence electrons. The van der Waals surface area contributed by atoms with Crippen LogP contribution in [0.15, 0.2) is 24.3 Å². The van der Waals surface area contributed by atoms with Gasteiger partial charge in [-0.1, -0.05) is 32.0 Å². The fourth-order valence-corrected chi connectivity index (χ4v) is 3.75. The van der Waals surface area contributed by atoms with Crippen LogP contribution < -0.4 is 5.32 Å². The SMILES string of the molecule is Cc1ccccc1C(=O)NC(CC(C)C)C(=O)N1CCN(CCCOCC(F)(F)F)CC1. The molecule has 2 amide bonds. The van der Waals surface area contributed by atoms with Crippen molar-refractivity contribution in [2.45, 2.75) is 45.8 Å². The summed E-state index contributed by atoms with van der Waals surface area (Å²) in [5.74, 6) is -0.104. The van der Waals surface area contributed by atoms with Gasteiger partial charge in [-0.25, -0.2) is 0 Å². The Hall–Kier alpha value is -2.13. The highest BCUT2D eigenvalue weighted by Gasteiger charge is 2.30. The van der Waals surface area contributed by atoms with Crippen molar-refractivity contribution < 1.29 is 27.5 Å². The molecule has 1 unspecified atom stereocenters. The Balaban J connectivity index is 1.84. The van der Waals surface area contributed by atoms with Crippen LogP contribution in [0.2, 0.25) is 0 Å². The smallest absolute Gasteiger partial charge is 0.372 e. The number of rotatable bonds is 10. The van der Waals surface area contributed by atoms with Gasteiger partial charge in [0, 0.05) is 44.9 Å². The first-order valence-corrected chi connectivity index (χ1v) is 11.1. The molecule has 9 heteroatoms. The van der Waals surface area contributed by atoms with Gasteiger partial charge in [0.15, 0.2) is 0 Å². The number of alkyl halides is 3. The van der Waals surface area contributed by atoms with E-state index in [0.29, 0.717) is 51.1 Å². The largest absolute Gasteiger partial charge is 0.411 e. The molecule has 1 aromatic rings. The van der Waals surface area contributed by atoms with E-state index in [4.69, 9.17) is 0 Å². The second kappa shape index (κ2) is 12.2. The Morgan fingerprint density at radius 1 is 1.12 bits per heavy atom. The number of ether oxygens (including phenoxy) is 1. The van der Waals surface area contributed by atoms with E-state index in [-0.39, 0.29) is 24.3 Å². The first-order valence-electron chi connectivity index (χ1n) is 11.1. The van der Waals surface area contributed by atoms with Crippen LogP contribution in [-0.4, -0.2) is 79.8 Å². The molecule has 1 heterocycles.